The molecule has 0 saturated heterocycles. The van der Waals surface area contributed by atoms with Gasteiger partial charge in [0.05, 0.1) is 23.3 Å². The monoisotopic (exact) mass is 339 g/mol. The highest BCUT2D eigenvalue weighted by Gasteiger charge is 2.25. The van der Waals surface area contributed by atoms with E-state index in [4.69, 9.17) is 14.3 Å². The molecule has 0 fully saturated rings. The first-order valence-corrected chi connectivity index (χ1v) is 8.22. The molecule has 0 radical (unpaired) electrons. The summed E-state index contributed by atoms with van der Waals surface area (Å²) in [5.74, 6) is -0.687. The lowest BCUT2D eigenvalue weighted by molar-refractivity contribution is 0.0696. The first-order valence-electron chi connectivity index (χ1n) is 6.74. The molecule has 23 heavy (non-hydrogen) atoms. The summed E-state index contributed by atoms with van der Waals surface area (Å²) in [6, 6.07) is 6.45. The second-order valence-electron chi connectivity index (χ2n) is 4.93. The number of aromatic carboxylic acids is 1. The first-order chi connectivity index (χ1) is 10.8. The Morgan fingerprint density at radius 1 is 1.39 bits per heavy atom. The zero-order valence-electron chi connectivity index (χ0n) is 12.6. The van der Waals surface area contributed by atoms with E-state index in [-0.39, 0.29) is 17.1 Å². The van der Waals surface area contributed by atoms with E-state index < -0.39 is 22.0 Å². The van der Waals surface area contributed by atoms with Crippen LogP contribution >= 0.6 is 0 Å². The summed E-state index contributed by atoms with van der Waals surface area (Å²) in [6.45, 7) is 1.64. The fraction of sp³-hybridized carbons (Fsp3) is 0.267. The molecule has 0 spiro atoms. The topological polar surface area (TPSA) is 106 Å². The van der Waals surface area contributed by atoms with E-state index >= 15 is 0 Å². The van der Waals surface area contributed by atoms with E-state index in [9.17, 15) is 13.2 Å². The van der Waals surface area contributed by atoms with Crippen LogP contribution in [0.25, 0.3) is 0 Å². The Labute approximate surface area is 133 Å². The van der Waals surface area contributed by atoms with Crippen LogP contribution in [-0.4, -0.2) is 33.2 Å². The number of carboxylic acid groups (broad SMARTS) is 1. The number of aryl methyl sites for hydroxylation is 1. The predicted molar refractivity (Wildman–Crippen MR) is 81.8 cm³/mol. The molecule has 0 aliphatic heterocycles. The number of sulfonamides is 1. The maximum Gasteiger partial charge on any atom is 0.335 e. The van der Waals surface area contributed by atoms with Gasteiger partial charge in [0.15, 0.2) is 0 Å². The number of methoxy groups -OCH3 is 1. The van der Waals surface area contributed by atoms with Gasteiger partial charge in [-0.2, -0.15) is 4.72 Å². The van der Waals surface area contributed by atoms with Gasteiger partial charge in [-0.25, -0.2) is 13.2 Å². The Kier molecular flexibility index (Phi) is 5.19. The van der Waals surface area contributed by atoms with E-state index in [2.05, 4.69) is 4.72 Å². The van der Waals surface area contributed by atoms with Crippen molar-refractivity contribution in [1.82, 2.24) is 4.72 Å². The second kappa shape index (κ2) is 6.95. The van der Waals surface area contributed by atoms with Gasteiger partial charge in [0.1, 0.15) is 11.8 Å². The maximum atomic E-state index is 12.6. The van der Waals surface area contributed by atoms with Crippen molar-refractivity contribution in [3.8, 4) is 0 Å². The molecule has 7 nitrogen and oxygen atoms in total. The van der Waals surface area contributed by atoms with Crippen LogP contribution in [-0.2, 0) is 14.8 Å². The third kappa shape index (κ3) is 3.98. The van der Waals surface area contributed by atoms with Gasteiger partial charge in [0, 0.05) is 7.11 Å². The fourth-order valence-electron chi connectivity index (χ4n) is 2.17. The second-order valence-corrected chi connectivity index (χ2v) is 6.61. The number of carboxylic acids is 1. The van der Waals surface area contributed by atoms with E-state index in [0.717, 1.165) is 0 Å². The molecular weight excluding hydrogens is 322 g/mol. The largest absolute Gasteiger partial charge is 0.478 e. The molecule has 0 saturated carbocycles. The zero-order chi connectivity index (χ0) is 17.0. The van der Waals surface area contributed by atoms with Crippen LogP contribution in [0.15, 0.2) is 45.9 Å². The number of carbonyl (C=O) groups is 1. The molecule has 124 valence electrons. The molecule has 1 aromatic heterocycles. The lowest BCUT2D eigenvalue weighted by Crippen LogP contribution is -2.31. The molecule has 1 heterocycles. The lowest BCUT2D eigenvalue weighted by atomic mass is 10.1. The zero-order valence-corrected chi connectivity index (χ0v) is 13.5. The van der Waals surface area contributed by atoms with Gasteiger partial charge in [0.25, 0.3) is 0 Å². The van der Waals surface area contributed by atoms with Gasteiger partial charge in [-0.1, -0.05) is 0 Å². The normalized spacial score (nSPS) is 13.0. The molecule has 1 unspecified atom stereocenters. The average molecular weight is 339 g/mol. The molecule has 8 heteroatoms. The summed E-state index contributed by atoms with van der Waals surface area (Å²) in [5.41, 5.74) is 0.369. The van der Waals surface area contributed by atoms with Crippen molar-refractivity contribution in [2.75, 3.05) is 13.7 Å². The van der Waals surface area contributed by atoms with E-state index in [1.807, 2.05) is 0 Å². The van der Waals surface area contributed by atoms with Crippen LogP contribution in [0.4, 0.5) is 0 Å². The summed E-state index contributed by atoms with van der Waals surface area (Å²) in [4.78, 5) is 10.9. The third-order valence-electron chi connectivity index (χ3n) is 3.23. The van der Waals surface area contributed by atoms with Crippen LogP contribution < -0.4 is 4.72 Å². The van der Waals surface area contributed by atoms with Gasteiger partial charge in [-0.3, -0.25) is 0 Å². The summed E-state index contributed by atoms with van der Waals surface area (Å²) in [7, 11) is -2.41. The Morgan fingerprint density at radius 3 is 2.65 bits per heavy atom. The highest BCUT2D eigenvalue weighted by molar-refractivity contribution is 7.89. The van der Waals surface area contributed by atoms with Crippen molar-refractivity contribution in [2.24, 2.45) is 0 Å². The summed E-state index contributed by atoms with van der Waals surface area (Å²) >= 11 is 0. The number of hydrogen-bond acceptors (Lipinski definition) is 5. The van der Waals surface area contributed by atoms with Crippen molar-refractivity contribution in [3.05, 3.63) is 53.5 Å². The minimum atomic E-state index is -3.86. The first kappa shape index (κ1) is 17.2. The predicted octanol–water partition coefficient (Wildman–Crippen LogP) is 1.95. The Hall–Kier alpha value is -2.16. The summed E-state index contributed by atoms with van der Waals surface area (Å²) in [5, 5.41) is 8.95. The van der Waals surface area contributed by atoms with Crippen molar-refractivity contribution < 1.29 is 27.5 Å². The highest BCUT2D eigenvalue weighted by atomic mass is 32.2. The number of furan rings is 1. The van der Waals surface area contributed by atoms with Crippen LogP contribution in [0.5, 0.6) is 0 Å². The van der Waals surface area contributed by atoms with Crippen molar-refractivity contribution in [1.29, 1.82) is 0 Å². The Balaban J connectivity index is 2.32. The fourth-order valence-corrected chi connectivity index (χ4v) is 3.58. The lowest BCUT2D eigenvalue weighted by Gasteiger charge is -2.17. The average Bonchev–Trinajstić information content (AvgIpc) is 3.00. The quantitative estimate of drug-likeness (QED) is 0.799. The molecular formula is C15H17NO6S. The smallest absolute Gasteiger partial charge is 0.335 e. The van der Waals surface area contributed by atoms with Crippen LogP contribution in [0.1, 0.15) is 27.7 Å². The van der Waals surface area contributed by atoms with E-state index in [0.29, 0.717) is 11.3 Å². The van der Waals surface area contributed by atoms with Gasteiger partial charge in [-0.15, -0.1) is 0 Å². The highest BCUT2D eigenvalue weighted by Crippen LogP contribution is 2.21. The number of rotatable bonds is 7. The minimum absolute atomic E-state index is 0.00941. The molecule has 2 aromatic rings. The summed E-state index contributed by atoms with van der Waals surface area (Å²) < 4.78 is 37.9. The van der Waals surface area contributed by atoms with E-state index in [1.165, 1.54) is 31.6 Å². The van der Waals surface area contributed by atoms with Crippen LogP contribution in [0.3, 0.4) is 0 Å². The van der Waals surface area contributed by atoms with Crippen molar-refractivity contribution >= 4 is 16.0 Å². The number of benzene rings is 1. The van der Waals surface area contributed by atoms with E-state index in [1.54, 1.807) is 19.1 Å². The maximum absolute atomic E-state index is 12.6. The van der Waals surface area contributed by atoms with Gasteiger partial charge in [0.2, 0.25) is 10.0 Å². The Morgan fingerprint density at radius 2 is 2.13 bits per heavy atom. The van der Waals surface area contributed by atoms with Crippen molar-refractivity contribution in [3.63, 3.8) is 0 Å². The number of hydrogen-bond donors (Lipinski definition) is 2. The number of nitrogens with one attached hydrogen (secondary N) is 1. The Bertz CT molecular complexity index is 782. The number of ether oxygens (including phenoxy) is 1. The van der Waals surface area contributed by atoms with Crippen LogP contribution in [0.2, 0.25) is 0 Å². The minimum Gasteiger partial charge on any atom is -0.478 e. The molecule has 0 bridgehead atoms. The molecule has 0 aliphatic rings. The van der Waals surface area contributed by atoms with Gasteiger partial charge < -0.3 is 14.3 Å². The molecule has 2 N–H and O–H groups in total. The van der Waals surface area contributed by atoms with Gasteiger partial charge >= 0.3 is 5.97 Å². The van der Waals surface area contributed by atoms with Gasteiger partial charge in [-0.05, 0) is 42.8 Å². The molecule has 0 aliphatic carbocycles. The molecule has 1 atom stereocenters. The van der Waals surface area contributed by atoms with Crippen molar-refractivity contribution in [2.45, 2.75) is 17.9 Å². The SMILES string of the molecule is COCC(NS(=O)(=O)c1ccc(C(=O)O)cc1C)c1ccco1. The standard InChI is InChI=1S/C15H17NO6S/c1-10-8-11(15(17)18)5-6-14(10)23(19,20)16-12(9-21-2)13-4-3-7-22-13/h3-8,12,16H,9H2,1-2H3,(H,17,18). The molecule has 0 amide bonds. The summed E-state index contributed by atoms with van der Waals surface area (Å²) in [6.07, 6.45) is 1.44. The van der Waals surface area contributed by atoms with Crippen LogP contribution in [0, 0.1) is 6.92 Å². The third-order valence-corrected chi connectivity index (χ3v) is 4.86. The molecule has 1 aromatic carbocycles. The molecule has 2 rings (SSSR count).